The summed E-state index contributed by atoms with van der Waals surface area (Å²) in [6.45, 7) is 9.20. The third kappa shape index (κ3) is 5.30. The van der Waals surface area contributed by atoms with E-state index in [4.69, 9.17) is 14.2 Å². The molecule has 0 saturated carbocycles. The zero-order valence-electron chi connectivity index (χ0n) is 12.8. The summed E-state index contributed by atoms with van der Waals surface area (Å²) in [7, 11) is 1.65. The second kappa shape index (κ2) is 9.50. The SMILES string of the molecule is CCNc1ncnc(OCCOCCOC)c1C(C)C. The maximum atomic E-state index is 5.71. The van der Waals surface area contributed by atoms with E-state index >= 15 is 0 Å². The van der Waals surface area contributed by atoms with Crippen LogP contribution in [-0.4, -0.2) is 50.1 Å². The Balaban J connectivity index is 2.57. The molecule has 1 aromatic rings. The van der Waals surface area contributed by atoms with Gasteiger partial charge in [-0.2, -0.15) is 0 Å². The summed E-state index contributed by atoms with van der Waals surface area (Å²) in [4.78, 5) is 8.49. The summed E-state index contributed by atoms with van der Waals surface area (Å²) in [5.41, 5.74) is 1.01. The number of rotatable bonds is 10. The second-order valence-corrected chi connectivity index (χ2v) is 4.58. The molecule has 6 heteroatoms. The molecule has 1 aromatic heterocycles. The number of hydrogen-bond acceptors (Lipinski definition) is 6. The van der Waals surface area contributed by atoms with Gasteiger partial charge >= 0.3 is 0 Å². The van der Waals surface area contributed by atoms with Crippen molar-refractivity contribution >= 4 is 5.82 Å². The van der Waals surface area contributed by atoms with Crippen LogP contribution in [0.3, 0.4) is 0 Å². The highest BCUT2D eigenvalue weighted by Gasteiger charge is 2.15. The zero-order valence-corrected chi connectivity index (χ0v) is 12.8. The largest absolute Gasteiger partial charge is 0.475 e. The number of methoxy groups -OCH3 is 1. The average molecular weight is 283 g/mol. The molecular weight excluding hydrogens is 258 g/mol. The van der Waals surface area contributed by atoms with Crippen molar-refractivity contribution < 1.29 is 14.2 Å². The number of nitrogens with zero attached hydrogens (tertiary/aromatic N) is 2. The van der Waals surface area contributed by atoms with Gasteiger partial charge in [0.1, 0.15) is 18.8 Å². The minimum atomic E-state index is 0.287. The van der Waals surface area contributed by atoms with E-state index in [-0.39, 0.29) is 5.92 Å². The number of ether oxygens (including phenoxy) is 3. The van der Waals surface area contributed by atoms with Gasteiger partial charge in [-0.25, -0.2) is 9.97 Å². The minimum Gasteiger partial charge on any atom is -0.475 e. The lowest BCUT2D eigenvalue weighted by molar-refractivity contribution is 0.0534. The van der Waals surface area contributed by atoms with Crippen molar-refractivity contribution in [3.63, 3.8) is 0 Å². The first-order chi connectivity index (χ1) is 9.70. The maximum absolute atomic E-state index is 5.71. The van der Waals surface area contributed by atoms with Crippen LogP contribution < -0.4 is 10.1 Å². The third-order valence-electron chi connectivity index (χ3n) is 2.67. The molecule has 0 amide bonds. The van der Waals surface area contributed by atoms with E-state index in [2.05, 4.69) is 29.1 Å². The van der Waals surface area contributed by atoms with Crippen molar-refractivity contribution in [3.8, 4) is 5.88 Å². The molecule has 0 atom stereocenters. The lowest BCUT2D eigenvalue weighted by Gasteiger charge is -2.16. The van der Waals surface area contributed by atoms with Crippen molar-refractivity contribution in [2.24, 2.45) is 0 Å². The van der Waals surface area contributed by atoms with Crippen LogP contribution in [0.5, 0.6) is 5.88 Å². The fourth-order valence-corrected chi connectivity index (χ4v) is 1.76. The fraction of sp³-hybridized carbons (Fsp3) is 0.714. The van der Waals surface area contributed by atoms with Crippen molar-refractivity contribution in [3.05, 3.63) is 11.9 Å². The van der Waals surface area contributed by atoms with Crippen LogP contribution in [0.25, 0.3) is 0 Å². The van der Waals surface area contributed by atoms with Gasteiger partial charge in [0.15, 0.2) is 0 Å². The molecule has 1 rings (SSSR count). The van der Waals surface area contributed by atoms with Gasteiger partial charge in [-0.1, -0.05) is 13.8 Å². The Hall–Kier alpha value is -1.40. The van der Waals surface area contributed by atoms with E-state index < -0.39 is 0 Å². The Labute approximate surface area is 120 Å². The lowest BCUT2D eigenvalue weighted by Crippen LogP contribution is -2.13. The van der Waals surface area contributed by atoms with Gasteiger partial charge in [0.2, 0.25) is 5.88 Å². The summed E-state index contributed by atoms with van der Waals surface area (Å²) in [5, 5.41) is 3.24. The van der Waals surface area contributed by atoms with Gasteiger partial charge in [-0.3, -0.25) is 0 Å². The van der Waals surface area contributed by atoms with Crippen molar-refractivity contribution in [1.29, 1.82) is 0 Å². The Morgan fingerprint density at radius 3 is 2.55 bits per heavy atom. The van der Waals surface area contributed by atoms with Crippen LogP contribution in [0.2, 0.25) is 0 Å². The lowest BCUT2D eigenvalue weighted by atomic mass is 10.1. The predicted octanol–water partition coefficient (Wildman–Crippen LogP) is 2.07. The molecule has 20 heavy (non-hydrogen) atoms. The van der Waals surface area contributed by atoms with Crippen molar-refractivity contribution in [2.75, 3.05) is 45.4 Å². The summed E-state index contributed by atoms with van der Waals surface area (Å²) in [6.07, 6.45) is 1.52. The Morgan fingerprint density at radius 1 is 1.15 bits per heavy atom. The molecule has 0 aliphatic carbocycles. The second-order valence-electron chi connectivity index (χ2n) is 4.58. The average Bonchev–Trinajstić information content (AvgIpc) is 2.43. The van der Waals surface area contributed by atoms with Gasteiger partial charge < -0.3 is 19.5 Å². The van der Waals surface area contributed by atoms with E-state index in [9.17, 15) is 0 Å². The minimum absolute atomic E-state index is 0.287. The quantitative estimate of drug-likeness (QED) is 0.663. The molecule has 0 spiro atoms. The first-order valence-electron chi connectivity index (χ1n) is 6.98. The maximum Gasteiger partial charge on any atom is 0.222 e. The predicted molar refractivity (Wildman–Crippen MR) is 78.5 cm³/mol. The topological polar surface area (TPSA) is 65.5 Å². The van der Waals surface area contributed by atoms with Crippen LogP contribution in [-0.2, 0) is 9.47 Å². The van der Waals surface area contributed by atoms with Gasteiger partial charge in [-0.15, -0.1) is 0 Å². The first-order valence-corrected chi connectivity index (χ1v) is 6.98. The normalized spacial score (nSPS) is 10.8. The summed E-state index contributed by atoms with van der Waals surface area (Å²) >= 11 is 0. The molecule has 0 aliphatic rings. The number of anilines is 1. The molecule has 0 aliphatic heterocycles. The van der Waals surface area contributed by atoms with Gasteiger partial charge in [0, 0.05) is 13.7 Å². The molecule has 0 bridgehead atoms. The highest BCUT2D eigenvalue weighted by Crippen LogP contribution is 2.29. The van der Waals surface area contributed by atoms with E-state index in [0.29, 0.717) is 32.3 Å². The fourth-order valence-electron chi connectivity index (χ4n) is 1.76. The molecular formula is C14H25N3O3. The molecule has 0 aromatic carbocycles. The van der Waals surface area contributed by atoms with Crippen LogP contribution in [0, 0.1) is 0 Å². The van der Waals surface area contributed by atoms with Crippen molar-refractivity contribution in [2.45, 2.75) is 26.7 Å². The summed E-state index contributed by atoms with van der Waals surface area (Å²) in [5.74, 6) is 1.75. The monoisotopic (exact) mass is 283 g/mol. The summed E-state index contributed by atoms with van der Waals surface area (Å²) in [6, 6.07) is 0. The first kappa shape index (κ1) is 16.7. The molecule has 1 heterocycles. The van der Waals surface area contributed by atoms with E-state index in [1.165, 1.54) is 6.33 Å². The summed E-state index contributed by atoms with van der Waals surface area (Å²) < 4.78 is 16.0. The van der Waals surface area contributed by atoms with E-state index in [1.54, 1.807) is 7.11 Å². The number of aromatic nitrogens is 2. The zero-order chi connectivity index (χ0) is 14.8. The number of nitrogens with one attached hydrogen (secondary N) is 1. The molecule has 0 radical (unpaired) electrons. The van der Waals surface area contributed by atoms with E-state index in [0.717, 1.165) is 17.9 Å². The Kier molecular flexibility index (Phi) is 7.91. The molecule has 114 valence electrons. The molecule has 6 nitrogen and oxygen atoms in total. The molecule has 1 N–H and O–H groups in total. The van der Waals surface area contributed by atoms with Gasteiger partial charge in [-0.05, 0) is 12.8 Å². The van der Waals surface area contributed by atoms with Crippen LogP contribution in [0.1, 0.15) is 32.3 Å². The van der Waals surface area contributed by atoms with E-state index in [1.807, 2.05) is 6.92 Å². The van der Waals surface area contributed by atoms with Crippen molar-refractivity contribution in [1.82, 2.24) is 9.97 Å². The molecule has 0 unspecified atom stereocenters. The smallest absolute Gasteiger partial charge is 0.222 e. The Bertz CT molecular complexity index is 386. The van der Waals surface area contributed by atoms with Gasteiger partial charge in [0.05, 0.1) is 25.4 Å². The molecule has 0 saturated heterocycles. The standard InChI is InChI=1S/C14H25N3O3/c1-5-15-13-12(11(2)3)14(17-10-16-13)20-9-8-19-7-6-18-4/h10-11H,5-9H2,1-4H3,(H,15,16,17). The molecule has 0 fully saturated rings. The highest BCUT2D eigenvalue weighted by molar-refractivity contribution is 5.50. The highest BCUT2D eigenvalue weighted by atomic mass is 16.5. The van der Waals surface area contributed by atoms with Crippen LogP contribution in [0.4, 0.5) is 5.82 Å². The third-order valence-corrected chi connectivity index (χ3v) is 2.67. The Morgan fingerprint density at radius 2 is 1.90 bits per heavy atom. The number of hydrogen-bond donors (Lipinski definition) is 1. The van der Waals surface area contributed by atoms with Gasteiger partial charge in [0.25, 0.3) is 0 Å². The van der Waals surface area contributed by atoms with Crippen LogP contribution in [0.15, 0.2) is 6.33 Å². The van der Waals surface area contributed by atoms with Crippen LogP contribution >= 0.6 is 0 Å².